The lowest BCUT2D eigenvalue weighted by atomic mass is 9.93. The van der Waals surface area contributed by atoms with Crippen molar-refractivity contribution in [3.63, 3.8) is 0 Å². The second-order valence-corrected chi connectivity index (χ2v) is 6.11. The summed E-state index contributed by atoms with van der Waals surface area (Å²) in [6, 6.07) is 17.8. The lowest BCUT2D eigenvalue weighted by Gasteiger charge is -2.24. The van der Waals surface area contributed by atoms with Crippen LogP contribution in [0.5, 0.6) is 0 Å². The molecule has 3 heteroatoms. The van der Waals surface area contributed by atoms with Gasteiger partial charge in [0.05, 0.1) is 12.0 Å². The van der Waals surface area contributed by atoms with Gasteiger partial charge in [-0.25, -0.2) is 0 Å². The van der Waals surface area contributed by atoms with Gasteiger partial charge in [0.2, 0.25) is 5.91 Å². The zero-order chi connectivity index (χ0) is 16.8. The molecule has 3 unspecified atom stereocenters. The summed E-state index contributed by atoms with van der Waals surface area (Å²) >= 11 is 0. The highest BCUT2D eigenvalue weighted by molar-refractivity contribution is 5.79. The van der Waals surface area contributed by atoms with Gasteiger partial charge in [0, 0.05) is 6.04 Å². The van der Waals surface area contributed by atoms with Crippen LogP contribution in [0.25, 0.3) is 0 Å². The van der Waals surface area contributed by atoms with E-state index in [1.807, 2.05) is 37.3 Å². The highest BCUT2D eigenvalue weighted by Gasteiger charge is 2.24. The second kappa shape index (κ2) is 7.93. The van der Waals surface area contributed by atoms with E-state index in [4.69, 9.17) is 5.73 Å². The van der Waals surface area contributed by atoms with Crippen LogP contribution in [0.4, 0.5) is 0 Å². The summed E-state index contributed by atoms with van der Waals surface area (Å²) in [4.78, 5) is 12.6. The van der Waals surface area contributed by atoms with Crippen molar-refractivity contribution in [2.45, 2.75) is 39.3 Å². The summed E-state index contributed by atoms with van der Waals surface area (Å²) < 4.78 is 0. The Kier molecular flexibility index (Phi) is 5.94. The fourth-order valence-electron chi connectivity index (χ4n) is 2.65. The molecule has 0 heterocycles. The van der Waals surface area contributed by atoms with Gasteiger partial charge in [-0.2, -0.15) is 0 Å². The fourth-order valence-corrected chi connectivity index (χ4v) is 2.65. The van der Waals surface area contributed by atoms with Gasteiger partial charge in [-0.1, -0.05) is 74.0 Å². The fraction of sp³-hybridized carbons (Fsp3) is 0.350. The standard InChI is InChI=1S/C20H26N2O/c1-4-18(16-12-10-14(2)11-13-16)22-20(23)15(3)19(21)17-8-6-5-7-9-17/h5-13,15,18-19H,4,21H2,1-3H3,(H,22,23). The van der Waals surface area contributed by atoms with Crippen LogP contribution in [0.3, 0.4) is 0 Å². The molecule has 0 radical (unpaired) electrons. The number of carbonyl (C=O) groups is 1. The minimum Gasteiger partial charge on any atom is -0.349 e. The number of hydrogen-bond donors (Lipinski definition) is 2. The van der Waals surface area contributed by atoms with Crippen LogP contribution in [0, 0.1) is 12.8 Å². The molecule has 0 spiro atoms. The Labute approximate surface area is 138 Å². The van der Waals surface area contributed by atoms with Gasteiger partial charge in [-0.05, 0) is 24.5 Å². The van der Waals surface area contributed by atoms with E-state index < -0.39 is 0 Å². The molecule has 0 aliphatic rings. The van der Waals surface area contributed by atoms with Crippen molar-refractivity contribution in [3.05, 3.63) is 71.3 Å². The molecule has 23 heavy (non-hydrogen) atoms. The van der Waals surface area contributed by atoms with Gasteiger partial charge in [0.1, 0.15) is 0 Å². The molecule has 0 saturated heterocycles. The van der Waals surface area contributed by atoms with Gasteiger partial charge in [-0.15, -0.1) is 0 Å². The average molecular weight is 310 g/mol. The Morgan fingerprint density at radius 1 is 1.04 bits per heavy atom. The minimum absolute atomic E-state index is 0.00576. The molecule has 3 N–H and O–H groups in total. The van der Waals surface area contributed by atoms with Gasteiger partial charge < -0.3 is 11.1 Å². The first-order valence-electron chi connectivity index (χ1n) is 8.20. The van der Waals surface area contributed by atoms with Gasteiger partial charge >= 0.3 is 0 Å². The number of amides is 1. The Morgan fingerprint density at radius 2 is 1.65 bits per heavy atom. The lowest BCUT2D eigenvalue weighted by Crippen LogP contribution is -2.37. The van der Waals surface area contributed by atoms with Crippen LogP contribution >= 0.6 is 0 Å². The molecule has 0 saturated carbocycles. The first-order chi connectivity index (χ1) is 11.0. The van der Waals surface area contributed by atoms with Crippen molar-refractivity contribution < 1.29 is 4.79 Å². The quantitative estimate of drug-likeness (QED) is 0.850. The Balaban J connectivity index is 2.05. The number of nitrogens with one attached hydrogen (secondary N) is 1. The molecule has 0 aromatic heterocycles. The topological polar surface area (TPSA) is 55.1 Å². The van der Waals surface area contributed by atoms with E-state index >= 15 is 0 Å². The zero-order valence-corrected chi connectivity index (χ0v) is 14.1. The maximum absolute atomic E-state index is 12.6. The normalized spacial score (nSPS) is 14.8. The molecule has 0 fully saturated rings. The van der Waals surface area contributed by atoms with Crippen molar-refractivity contribution in [1.29, 1.82) is 0 Å². The molecule has 122 valence electrons. The van der Waals surface area contributed by atoms with Crippen LogP contribution in [0.2, 0.25) is 0 Å². The summed E-state index contributed by atoms with van der Waals surface area (Å²) in [6.07, 6.45) is 0.849. The van der Waals surface area contributed by atoms with Gasteiger partial charge in [-0.3, -0.25) is 4.79 Å². The summed E-state index contributed by atoms with van der Waals surface area (Å²) in [5, 5.41) is 3.13. The molecule has 2 aromatic rings. The van der Waals surface area contributed by atoms with Gasteiger partial charge in [0.15, 0.2) is 0 Å². The van der Waals surface area contributed by atoms with Crippen molar-refractivity contribution >= 4 is 5.91 Å². The Hall–Kier alpha value is -2.13. The monoisotopic (exact) mass is 310 g/mol. The third kappa shape index (κ3) is 4.42. The van der Waals surface area contributed by atoms with E-state index in [2.05, 4.69) is 43.4 Å². The lowest BCUT2D eigenvalue weighted by molar-refractivity contribution is -0.126. The molecular weight excluding hydrogens is 284 g/mol. The molecular formula is C20H26N2O. The third-order valence-corrected chi connectivity index (χ3v) is 4.34. The van der Waals surface area contributed by atoms with Crippen molar-refractivity contribution in [1.82, 2.24) is 5.32 Å². The number of aryl methyl sites for hydroxylation is 1. The predicted octanol–water partition coefficient (Wildman–Crippen LogP) is 3.90. The molecule has 2 rings (SSSR count). The number of rotatable bonds is 6. The van der Waals surface area contributed by atoms with E-state index in [9.17, 15) is 4.79 Å². The van der Waals surface area contributed by atoms with Crippen molar-refractivity contribution in [2.24, 2.45) is 11.7 Å². The maximum Gasteiger partial charge on any atom is 0.225 e. The number of hydrogen-bond acceptors (Lipinski definition) is 2. The summed E-state index contributed by atoms with van der Waals surface area (Å²) in [7, 11) is 0. The van der Waals surface area contributed by atoms with E-state index in [0.717, 1.165) is 17.5 Å². The Morgan fingerprint density at radius 3 is 2.22 bits per heavy atom. The largest absolute Gasteiger partial charge is 0.349 e. The summed E-state index contributed by atoms with van der Waals surface area (Å²) in [6.45, 7) is 6.02. The second-order valence-electron chi connectivity index (χ2n) is 6.11. The van der Waals surface area contributed by atoms with E-state index in [1.54, 1.807) is 0 Å². The highest BCUT2D eigenvalue weighted by Crippen LogP contribution is 2.22. The highest BCUT2D eigenvalue weighted by atomic mass is 16.1. The molecule has 0 aliphatic heterocycles. The van der Waals surface area contributed by atoms with Gasteiger partial charge in [0.25, 0.3) is 0 Å². The SMILES string of the molecule is CCC(NC(=O)C(C)C(N)c1ccccc1)c1ccc(C)cc1. The molecule has 2 aromatic carbocycles. The predicted molar refractivity (Wildman–Crippen MR) is 94.9 cm³/mol. The summed E-state index contributed by atoms with van der Waals surface area (Å²) in [5.41, 5.74) is 9.59. The smallest absolute Gasteiger partial charge is 0.225 e. The average Bonchev–Trinajstić information content (AvgIpc) is 2.59. The molecule has 0 aliphatic carbocycles. The van der Waals surface area contributed by atoms with Crippen LogP contribution in [-0.4, -0.2) is 5.91 Å². The van der Waals surface area contributed by atoms with Crippen molar-refractivity contribution in [3.8, 4) is 0 Å². The Bertz CT molecular complexity index is 622. The molecule has 3 nitrogen and oxygen atoms in total. The molecule has 3 atom stereocenters. The first-order valence-corrected chi connectivity index (χ1v) is 8.20. The number of nitrogens with two attached hydrogens (primary N) is 1. The third-order valence-electron chi connectivity index (χ3n) is 4.34. The molecule has 0 bridgehead atoms. The van der Waals surface area contributed by atoms with E-state index in [0.29, 0.717) is 0 Å². The van der Waals surface area contributed by atoms with Crippen LogP contribution in [0.1, 0.15) is 49.0 Å². The zero-order valence-electron chi connectivity index (χ0n) is 14.1. The first kappa shape index (κ1) is 17.2. The number of carbonyl (C=O) groups excluding carboxylic acids is 1. The summed E-state index contributed by atoms with van der Waals surface area (Å²) in [5.74, 6) is -0.286. The van der Waals surface area contributed by atoms with Crippen LogP contribution in [-0.2, 0) is 4.79 Å². The van der Waals surface area contributed by atoms with E-state index in [1.165, 1.54) is 5.56 Å². The molecule has 1 amide bonds. The van der Waals surface area contributed by atoms with E-state index in [-0.39, 0.29) is 23.9 Å². The van der Waals surface area contributed by atoms with Crippen molar-refractivity contribution in [2.75, 3.05) is 0 Å². The maximum atomic E-state index is 12.6. The minimum atomic E-state index is -0.299. The van der Waals surface area contributed by atoms with Crippen LogP contribution in [0.15, 0.2) is 54.6 Å². The van der Waals surface area contributed by atoms with Crippen LogP contribution < -0.4 is 11.1 Å². The number of benzene rings is 2.